The minimum atomic E-state index is -0.227. The van der Waals surface area contributed by atoms with E-state index in [2.05, 4.69) is 15.6 Å². The minimum Gasteiger partial charge on any atom is -0.356 e. The lowest BCUT2D eigenvalue weighted by Crippen LogP contribution is -2.39. The molecule has 0 unspecified atom stereocenters. The number of halogens is 2. The average molecular weight is 317 g/mol. The van der Waals surface area contributed by atoms with Crippen LogP contribution < -0.4 is 10.6 Å². The van der Waals surface area contributed by atoms with Gasteiger partial charge in [-0.05, 0) is 42.2 Å². The Balaban J connectivity index is 1.72. The first-order chi connectivity index (χ1) is 11.2. The van der Waals surface area contributed by atoms with Crippen LogP contribution in [-0.2, 0) is 12.8 Å². The summed E-state index contributed by atoms with van der Waals surface area (Å²) < 4.78 is 26.6. The Morgan fingerprint density at radius 2 is 1.70 bits per heavy atom. The average Bonchev–Trinajstić information content (AvgIpc) is 2.55. The van der Waals surface area contributed by atoms with Crippen LogP contribution in [-0.4, -0.2) is 26.1 Å². The van der Waals surface area contributed by atoms with Gasteiger partial charge in [0.1, 0.15) is 11.6 Å². The number of hydrogen-bond donors (Lipinski definition) is 2. The highest BCUT2D eigenvalue weighted by atomic mass is 19.1. The lowest BCUT2D eigenvalue weighted by Gasteiger charge is -2.12. The lowest BCUT2D eigenvalue weighted by molar-refractivity contribution is 0.606. The van der Waals surface area contributed by atoms with E-state index in [1.165, 1.54) is 18.2 Å². The molecule has 0 radical (unpaired) electrons. The molecule has 3 nitrogen and oxygen atoms in total. The molecule has 2 rings (SSSR count). The Bertz CT molecular complexity index is 656. The van der Waals surface area contributed by atoms with Crippen LogP contribution in [0.1, 0.15) is 11.1 Å². The number of rotatable bonds is 6. The molecule has 0 fully saturated rings. The molecule has 0 saturated carbocycles. The van der Waals surface area contributed by atoms with Gasteiger partial charge in [-0.15, -0.1) is 0 Å². The standard InChI is InChI=1S/C18H21F2N3/c1-21-18(22-11-9-14-5-4-7-16(19)13-14)23-12-10-15-6-2-3-8-17(15)20/h2-8,13H,9-12H2,1H3,(H2,21,22,23). The smallest absolute Gasteiger partial charge is 0.190 e. The zero-order valence-corrected chi connectivity index (χ0v) is 13.2. The maximum absolute atomic E-state index is 13.5. The van der Waals surface area contributed by atoms with Gasteiger partial charge in [-0.2, -0.15) is 0 Å². The third-order valence-corrected chi connectivity index (χ3v) is 3.46. The van der Waals surface area contributed by atoms with Gasteiger partial charge in [0.15, 0.2) is 5.96 Å². The van der Waals surface area contributed by atoms with Gasteiger partial charge in [-0.1, -0.05) is 30.3 Å². The maximum atomic E-state index is 13.5. The molecule has 0 aliphatic heterocycles. The second-order valence-corrected chi connectivity index (χ2v) is 5.15. The third kappa shape index (κ3) is 5.70. The Hall–Kier alpha value is -2.43. The van der Waals surface area contributed by atoms with Crippen LogP contribution in [0.3, 0.4) is 0 Å². The first-order valence-corrected chi connectivity index (χ1v) is 7.61. The summed E-state index contributed by atoms with van der Waals surface area (Å²) in [6.45, 7) is 1.23. The fourth-order valence-electron chi connectivity index (χ4n) is 2.26. The molecule has 0 heterocycles. The molecule has 2 aromatic carbocycles. The van der Waals surface area contributed by atoms with E-state index in [1.54, 1.807) is 25.2 Å². The van der Waals surface area contributed by atoms with Gasteiger partial charge >= 0.3 is 0 Å². The molecule has 2 N–H and O–H groups in total. The predicted octanol–water partition coefficient (Wildman–Crippen LogP) is 2.92. The van der Waals surface area contributed by atoms with Crippen LogP contribution in [0.15, 0.2) is 53.5 Å². The monoisotopic (exact) mass is 317 g/mol. The third-order valence-electron chi connectivity index (χ3n) is 3.46. The van der Waals surface area contributed by atoms with Crippen molar-refractivity contribution in [1.82, 2.24) is 10.6 Å². The van der Waals surface area contributed by atoms with Crippen LogP contribution >= 0.6 is 0 Å². The first-order valence-electron chi connectivity index (χ1n) is 7.61. The summed E-state index contributed by atoms with van der Waals surface area (Å²) >= 11 is 0. The lowest BCUT2D eigenvalue weighted by atomic mass is 10.1. The molecular formula is C18H21F2N3. The van der Waals surface area contributed by atoms with Gasteiger partial charge in [0.25, 0.3) is 0 Å². The summed E-state index contributed by atoms with van der Waals surface area (Å²) in [5, 5.41) is 6.30. The fraction of sp³-hybridized carbons (Fsp3) is 0.278. The number of hydrogen-bond acceptors (Lipinski definition) is 1. The molecule has 0 spiro atoms. The molecule has 0 bridgehead atoms. The second-order valence-electron chi connectivity index (χ2n) is 5.15. The van der Waals surface area contributed by atoms with E-state index in [0.29, 0.717) is 37.5 Å². The van der Waals surface area contributed by atoms with Crippen molar-refractivity contribution in [2.45, 2.75) is 12.8 Å². The normalized spacial score (nSPS) is 11.3. The number of aliphatic imine (C=N–C) groups is 1. The molecule has 0 aliphatic carbocycles. The summed E-state index contributed by atoms with van der Waals surface area (Å²) in [4.78, 5) is 4.12. The Labute approximate surface area is 135 Å². The zero-order valence-electron chi connectivity index (χ0n) is 13.2. The molecule has 122 valence electrons. The highest BCUT2D eigenvalue weighted by Gasteiger charge is 2.02. The van der Waals surface area contributed by atoms with E-state index < -0.39 is 0 Å². The summed E-state index contributed by atoms with van der Waals surface area (Å²) in [5.41, 5.74) is 1.61. The fourth-order valence-corrected chi connectivity index (χ4v) is 2.26. The van der Waals surface area contributed by atoms with E-state index in [-0.39, 0.29) is 11.6 Å². The molecule has 5 heteroatoms. The van der Waals surface area contributed by atoms with Crippen LogP contribution in [0.2, 0.25) is 0 Å². The number of nitrogens with zero attached hydrogens (tertiary/aromatic N) is 1. The predicted molar refractivity (Wildman–Crippen MR) is 89.6 cm³/mol. The Kier molecular flexibility index (Phi) is 6.54. The quantitative estimate of drug-likeness (QED) is 0.635. The highest BCUT2D eigenvalue weighted by molar-refractivity contribution is 5.79. The van der Waals surface area contributed by atoms with Crippen LogP contribution in [0, 0.1) is 11.6 Å². The molecular weight excluding hydrogens is 296 g/mol. The van der Waals surface area contributed by atoms with Gasteiger partial charge < -0.3 is 10.6 Å². The van der Waals surface area contributed by atoms with Gasteiger partial charge in [-0.25, -0.2) is 8.78 Å². The van der Waals surface area contributed by atoms with Crippen molar-refractivity contribution in [3.63, 3.8) is 0 Å². The van der Waals surface area contributed by atoms with Crippen molar-refractivity contribution in [2.24, 2.45) is 4.99 Å². The SMILES string of the molecule is CN=C(NCCc1cccc(F)c1)NCCc1ccccc1F. The zero-order chi connectivity index (χ0) is 16.5. The Morgan fingerprint density at radius 3 is 2.39 bits per heavy atom. The van der Waals surface area contributed by atoms with Crippen LogP contribution in [0.5, 0.6) is 0 Å². The largest absolute Gasteiger partial charge is 0.356 e. The van der Waals surface area contributed by atoms with Crippen LogP contribution in [0.25, 0.3) is 0 Å². The van der Waals surface area contributed by atoms with Crippen molar-refractivity contribution in [3.8, 4) is 0 Å². The molecule has 0 aromatic heterocycles. The van der Waals surface area contributed by atoms with Crippen molar-refractivity contribution in [3.05, 3.63) is 71.3 Å². The topological polar surface area (TPSA) is 36.4 Å². The van der Waals surface area contributed by atoms with Crippen molar-refractivity contribution >= 4 is 5.96 Å². The van der Waals surface area contributed by atoms with Crippen molar-refractivity contribution < 1.29 is 8.78 Å². The van der Waals surface area contributed by atoms with Crippen LogP contribution in [0.4, 0.5) is 8.78 Å². The molecule has 2 aromatic rings. The van der Waals surface area contributed by atoms with E-state index >= 15 is 0 Å². The van der Waals surface area contributed by atoms with E-state index in [0.717, 1.165) is 5.56 Å². The van der Waals surface area contributed by atoms with Gasteiger partial charge in [-0.3, -0.25) is 4.99 Å². The van der Waals surface area contributed by atoms with E-state index in [1.807, 2.05) is 12.1 Å². The number of benzene rings is 2. The number of guanidine groups is 1. The highest BCUT2D eigenvalue weighted by Crippen LogP contribution is 2.06. The molecule has 0 amide bonds. The summed E-state index contributed by atoms with van der Waals surface area (Å²) in [6, 6.07) is 13.3. The maximum Gasteiger partial charge on any atom is 0.190 e. The summed E-state index contributed by atoms with van der Waals surface area (Å²) in [6.07, 6.45) is 1.28. The minimum absolute atomic E-state index is 0.191. The molecule has 23 heavy (non-hydrogen) atoms. The van der Waals surface area contributed by atoms with E-state index in [9.17, 15) is 8.78 Å². The van der Waals surface area contributed by atoms with Gasteiger partial charge in [0.2, 0.25) is 0 Å². The Morgan fingerprint density at radius 1 is 0.957 bits per heavy atom. The van der Waals surface area contributed by atoms with Crippen molar-refractivity contribution in [1.29, 1.82) is 0 Å². The van der Waals surface area contributed by atoms with Crippen molar-refractivity contribution in [2.75, 3.05) is 20.1 Å². The van der Waals surface area contributed by atoms with E-state index in [4.69, 9.17) is 0 Å². The summed E-state index contributed by atoms with van der Waals surface area (Å²) in [7, 11) is 1.68. The van der Waals surface area contributed by atoms with Gasteiger partial charge in [0, 0.05) is 20.1 Å². The molecule has 0 saturated heterocycles. The van der Waals surface area contributed by atoms with Gasteiger partial charge in [0.05, 0.1) is 0 Å². The summed E-state index contributed by atoms with van der Waals surface area (Å²) in [5.74, 6) is 0.232. The molecule has 0 aliphatic rings. The second kappa shape index (κ2) is 8.88. The number of nitrogens with one attached hydrogen (secondary N) is 2. The first kappa shape index (κ1) is 16.9. The molecule has 0 atom stereocenters.